The van der Waals surface area contributed by atoms with Crippen molar-refractivity contribution in [2.45, 2.75) is 51.6 Å². The molecule has 1 aromatic carbocycles. The SMILES string of the molecule is CNc1nc([C@H]2CCCCN2C(=O)Cc2c[nH]c3ccccc23)nc2c1CCN(C(C)=O)C2. The molecule has 0 saturated carbocycles. The molecule has 0 bridgehead atoms. The molecule has 172 valence electrons. The van der Waals surface area contributed by atoms with Gasteiger partial charge in [0.05, 0.1) is 24.7 Å². The van der Waals surface area contributed by atoms with E-state index in [-0.39, 0.29) is 17.9 Å². The number of hydrogen-bond acceptors (Lipinski definition) is 5. The number of rotatable bonds is 4. The van der Waals surface area contributed by atoms with Gasteiger partial charge in [-0.15, -0.1) is 0 Å². The standard InChI is InChI=1S/C25H30N6O2/c1-16(32)30-12-10-19-21(15-30)28-25(29-24(19)26-2)22-9-5-6-11-31(22)23(33)13-17-14-27-20-8-4-3-7-18(17)20/h3-4,7-8,14,22,27H,5-6,9-13,15H2,1-2H3,(H,26,28,29)/t22-/m1/s1. The van der Waals surface area contributed by atoms with Crippen molar-refractivity contribution in [3.05, 3.63) is 53.1 Å². The number of piperidine rings is 1. The maximum atomic E-state index is 13.5. The largest absolute Gasteiger partial charge is 0.373 e. The van der Waals surface area contributed by atoms with E-state index in [4.69, 9.17) is 9.97 Å². The molecule has 0 aliphatic carbocycles. The number of aromatic amines is 1. The van der Waals surface area contributed by atoms with Crippen LogP contribution in [0.1, 0.15) is 54.9 Å². The Hall–Kier alpha value is -3.42. The van der Waals surface area contributed by atoms with E-state index in [9.17, 15) is 9.59 Å². The zero-order chi connectivity index (χ0) is 22.9. The highest BCUT2D eigenvalue weighted by Crippen LogP contribution is 2.33. The van der Waals surface area contributed by atoms with Crippen LogP contribution >= 0.6 is 0 Å². The van der Waals surface area contributed by atoms with E-state index in [1.54, 1.807) is 6.92 Å². The van der Waals surface area contributed by atoms with E-state index in [1.807, 2.05) is 41.2 Å². The lowest BCUT2D eigenvalue weighted by atomic mass is 9.98. The first-order valence-electron chi connectivity index (χ1n) is 11.7. The molecule has 33 heavy (non-hydrogen) atoms. The van der Waals surface area contributed by atoms with Gasteiger partial charge in [0.25, 0.3) is 0 Å². The number of likely N-dealkylation sites (tertiary alicyclic amines) is 1. The van der Waals surface area contributed by atoms with Crippen molar-refractivity contribution in [2.75, 3.05) is 25.5 Å². The minimum Gasteiger partial charge on any atom is -0.373 e. The highest BCUT2D eigenvalue weighted by Gasteiger charge is 2.32. The zero-order valence-corrected chi connectivity index (χ0v) is 19.2. The van der Waals surface area contributed by atoms with Crippen LogP contribution < -0.4 is 5.32 Å². The third-order valence-electron chi connectivity index (χ3n) is 6.90. The zero-order valence-electron chi connectivity index (χ0n) is 19.2. The first-order chi connectivity index (χ1) is 16.0. The van der Waals surface area contributed by atoms with Crippen LogP contribution in [0.25, 0.3) is 10.9 Å². The monoisotopic (exact) mass is 446 g/mol. The van der Waals surface area contributed by atoms with Crippen molar-refractivity contribution in [3.8, 4) is 0 Å². The number of benzene rings is 1. The van der Waals surface area contributed by atoms with Crippen molar-refractivity contribution in [1.29, 1.82) is 0 Å². The number of para-hydroxylation sites is 1. The number of aromatic nitrogens is 3. The van der Waals surface area contributed by atoms with Crippen LogP contribution in [0.2, 0.25) is 0 Å². The van der Waals surface area contributed by atoms with Gasteiger partial charge in [-0.3, -0.25) is 9.59 Å². The van der Waals surface area contributed by atoms with Crippen LogP contribution in [0.15, 0.2) is 30.5 Å². The number of carbonyl (C=O) groups is 2. The van der Waals surface area contributed by atoms with Crippen molar-refractivity contribution in [3.63, 3.8) is 0 Å². The Kier molecular flexibility index (Phi) is 5.74. The van der Waals surface area contributed by atoms with Crippen LogP contribution in [0.4, 0.5) is 5.82 Å². The number of H-pyrrole nitrogens is 1. The Morgan fingerprint density at radius 2 is 2.03 bits per heavy atom. The fourth-order valence-corrected chi connectivity index (χ4v) is 5.11. The molecule has 0 unspecified atom stereocenters. The van der Waals surface area contributed by atoms with Crippen molar-refractivity contribution in [1.82, 2.24) is 24.8 Å². The lowest BCUT2D eigenvalue weighted by Crippen LogP contribution is -2.41. The average Bonchev–Trinajstić information content (AvgIpc) is 3.25. The Morgan fingerprint density at radius 3 is 2.85 bits per heavy atom. The molecule has 2 aliphatic heterocycles. The molecule has 0 radical (unpaired) electrons. The Balaban J connectivity index is 1.44. The molecule has 2 amide bonds. The molecule has 1 atom stereocenters. The van der Waals surface area contributed by atoms with Crippen LogP contribution in [0, 0.1) is 0 Å². The van der Waals surface area contributed by atoms with E-state index in [1.165, 1.54) is 0 Å². The Bertz CT molecular complexity index is 1200. The molecule has 1 fully saturated rings. The second kappa shape index (κ2) is 8.84. The second-order valence-electron chi connectivity index (χ2n) is 8.93. The lowest BCUT2D eigenvalue weighted by Gasteiger charge is -2.36. The molecule has 2 aromatic heterocycles. The van der Waals surface area contributed by atoms with E-state index >= 15 is 0 Å². The first-order valence-corrected chi connectivity index (χ1v) is 11.7. The van der Waals surface area contributed by atoms with Gasteiger partial charge >= 0.3 is 0 Å². The van der Waals surface area contributed by atoms with Gasteiger partial charge in [-0.2, -0.15) is 0 Å². The third-order valence-corrected chi connectivity index (χ3v) is 6.90. The normalized spacial score (nSPS) is 18.3. The van der Waals surface area contributed by atoms with Crippen LogP contribution in [-0.4, -0.2) is 56.7 Å². The van der Waals surface area contributed by atoms with E-state index < -0.39 is 0 Å². The maximum Gasteiger partial charge on any atom is 0.227 e. The molecule has 8 nitrogen and oxygen atoms in total. The minimum absolute atomic E-state index is 0.0556. The van der Waals surface area contributed by atoms with Crippen molar-refractivity contribution in [2.24, 2.45) is 0 Å². The Morgan fingerprint density at radius 1 is 1.18 bits per heavy atom. The van der Waals surface area contributed by atoms with Gasteiger partial charge < -0.3 is 20.1 Å². The fourth-order valence-electron chi connectivity index (χ4n) is 5.11. The van der Waals surface area contributed by atoms with Gasteiger partial charge in [0, 0.05) is 49.7 Å². The number of nitrogens with zero attached hydrogens (tertiary/aromatic N) is 4. The predicted octanol–water partition coefficient (Wildman–Crippen LogP) is 3.20. The minimum atomic E-state index is -0.151. The van der Waals surface area contributed by atoms with Crippen LogP contribution in [0.5, 0.6) is 0 Å². The van der Waals surface area contributed by atoms with Crippen molar-refractivity contribution >= 4 is 28.5 Å². The quantitative estimate of drug-likeness (QED) is 0.642. The number of amides is 2. The summed E-state index contributed by atoms with van der Waals surface area (Å²) in [6.07, 6.45) is 5.89. The highest BCUT2D eigenvalue weighted by atomic mass is 16.2. The number of carbonyl (C=O) groups excluding carboxylic acids is 2. The molecule has 2 aliphatic rings. The summed E-state index contributed by atoms with van der Waals surface area (Å²) < 4.78 is 0. The third kappa shape index (κ3) is 4.05. The van der Waals surface area contributed by atoms with E-state index in [0.29, 0.717) is 31.9 Å². The topological polar surface area (TPSA) is 94.2 Å². The van der Waals surface area contributed by atoms with E-state index in [0.717, 1.165) is 59.2 Å². The molecule has 3 aromatic rings. The average molecular weight is 447 g/mol. The molecule has 2 N–H and O–H groups in total. The van der Waals surface area contributed by atoms with Gasteiger partial charge in [0.1, 0.15) is 5.82 Å². The molecule has 0 spiro atoms. The van der Waals surface area contributed by atoms with Gasteiger partial charge in [-0.25, -0.2) is 9.97 Å². The molecular formula is C25H30N6O2. The smallest absolute Gasteiger partial charge is 0.227 e. The summed E-state index contributed by atoms with van der Waals surface area (Å²) in [4.78, 5) is 42.2. The number of nitrogens with one attached hydrogen (secondary N) is 2. The summed E-state index contributed by atoms with van der Waals surface area (Å²) >= 11 is 0. The van der Waals surface area contributed by atoms with Crippen LogP contribution in [-0.2, 0) is 29.0 Å². The lowest BCUT2D eigenvalue weighted by molar-refractivity contribution is -0.134. The highest BCUT2D eigenvalue weighted by molar-refractivity contribution is 5.89. The summed E-state index contributed by atoms with van der Waals surface area (Å²) in [5.74, 6) is 1.64. The van der Waals surface area contributed by atoms with Gasteiger partial charge in [0.2, 0.25) is 11.8 Å². The molecule has 4 heterocycles. The predicted molar refractivity (Wildman–Crippen MR) is 127 cm³/mol. The first kappa shape index (κ1) is 21.4. The summed E-state index contributed by atoms with van der Waals surface area (Å²) in [5.41, 5.74) is 4.02. The molecule has 1 saturated heterocycles. The Labute approximate surface area is 193 Å². The van der Waals surface area contributed by atoms with Gasteiger partial charge in [-0.1, -0.05) is 18.2 Å². The maximum absolute atomic E-state index is 13.5. The summed E-state index contributed by atoms with van der Waals surface area (Å²) in [5, 5.41) is 4.31. The van der Waals surface area contributed by atoms with Gasteiger partial charge in [-0.05, 0) is 37.3 Å². The summed E-state index contributed by atoms with van der Waals surface area (Å²) in [6.45, 7) is 3.47. The van der Waals surface area contributed by atoms with Gasteiger partial charge in [0.15, 0.2) is 5.82 Å². The number of hydrogen-bond donors (Lipinski definition) is 2. The summed E-state index contributed by atoms with van der Waals surface area (Å²) in [7, 11) is 1.87. The molecule has 5 rings (SSSR count). The number of anilines is 1. The fraction of sp³-hybridized carbons (Fsp3) is 0.440. The van der Waals surface area contributed by atoms with E-state index in [2.05, 4.69) is 16.4 Å². The van der Waals surface area contributed by atoms with Crippen molar-refractivity contribution < 1.29 is 9.59 Å². The summed E-state index contributed by atoms with van der Waals surface area (Å²) in [6, 6.07) is 7.91. The molecule has 8 heteroatoms. The second-order valence-corrected chi connectivity index (χ2v) is 8.93. The van der Waals surface area contributed by atoms with Crippen LogP contribution in [0.3, 0.4) is 0 Å². The number of fused-ring (bicyclic) bond motifs is 2. The molecular weight excluding hydrogens is 416 g/mol.